The standard InChI is InChI=1S/C39H44FN5O4/c1-2-48-38(27-9-4-3-5-10-27)37-31(32(40)16-17-35(37)44-21-8-13-36(44)47)20-24-43-22-18-28(19-23-43)41-39-42-33-11-6-7-12-34(33)45(39)25-29-14-15-30(26-46)49-29/h3-7,9-12,14-17,28,38,46H,2,8,13,18-26H2,1H3,(H,41,42). The molecule has 256 valence electrons. The van der Waals surface area contributed by atoms with E-state index in [-0.39, 0.29) is 24.4 Å². The number of hydrogen-bond acceptors (Lipinski definition) is 7. The highest BCUT2D eigenvalue weighted by molar-refractivity contribution is 5.96. The molecular formula is C39H44FN5O4. The highest BCUT2D eigenvalue weighted by atomic mass is 19.1. The molecule has 4 heterocycles. The van der Waals surface area contributed by atoms with Crippen molar-refractivity contribution in [1.29, 1.82) is 0 Å². The monoisotopic (exact) mass is 665 g/mol. The van der Waals surface area contributed by atoms with Gasteiger partial charge < -0.3 is 33.9 Å². The van der Waals surface area contributed by atoms with Crippen LogP contribution in [0.4, 0.5) is 16.0 Å². The van der Waals surface area contributed by atoms with E-state index >= 15 is 4.39 Å². The second kappa shape index (κ2) is 14.9. The van der Waals surface area contributed by atoms with Gasteiger partial charge in [0.2, 0.25) is 11.9 Å². The van der Waals surface area contributed by atoms with Gasteiger partial charge in [0.05, 0.1) is 23.3 Å². The number of halogens is 1. The molecule has 0 aliphatic carbocycles. The van der Waals surface area contributed by atoms with E-state index in [2.05, 4.69) is 20.9 Å². The number of aromatic nitrogens is 2. The lowest BCUT2D eigenvalue weighted by molar-refractivity contribution is -0.117. The lowest BCUT2D eigenvalue weighted by Crippen LogP contribution is -2.40. The van der Waals surface area contributed by atoms with Gasteiger partial charge in [-0.05, 0) is 80.1 Å². The first-order chi connectivity index (χ1) is 24.0. The zero-order chi connectivity index (χ0) is 33.7. The molecule has 7 rings (SSSR count). The number of carbonyl (C=O) groups excluding carboxylic acids is 1. The van der Waals surface area contributed by atoms with E-state index in [4.69, 9.17) is 14.1 Å². The van der Waals surface area contributed by atoms with Crippen molar-refractivity contribution in [1.82, 2.24) is 14.5 Å². The van der Waals surface area contributed by atoms with E-state index in [9.17, 15) is 9.90 Å². The van der Waals surface area contributed by atoms with Gasteiger partial charge in [0.15, 0.2) is 0 Å². The number of fused-ring (bicyclic) bond motifs is 1. The van der Waals surface area contributed by atoms with Crippen LogP contribution in [0.5, 0.6) is 0 Å². The third kappa shape index (κ3) is 7.13. The molecule has 3 aromatic carbocycles. The van der Waals surface area contributed by atoms with Crippen molar-refractivity contribution in [3.63, 3.8) is 0 Å². The Balaban J connectivity index is 1.07. The highest BCUT2D eigenvalue weighted by Gasteiger charge is 2.31. The maximum absolute atomic E-state index is 15.9. The Bertz CT molecular complexity index is 1880. The topological polar surface area (TPSA) is 96.0 Å². The van der Waals surface area contributed by atoms with Crippen LogP contribution in [0, 0.1) is 5.82 Å². The number of anilines is 2. The summed E-state index contributed by atoms with van der Waals surface area (Å²) < 4.78 is 30.1. The predicted molar refractivity (Wildman–Crippen MR) is 188 cm³/mol. The summed E-state index contributed by atoms with van der Waals surface area (Å²) in [5, 5.41) is 13.2. The van der Waals surface area contributed by atoms with Crippen molar-refractivity contribution >= 4 is 28.6 Å². The minimum atomic E-state index is -0.481. The SMILES string of the molecule is CCOC(c1ccccc1)c1c(N2CCCC2=O)ccc(F)c1CCN1CCC(Nc2nc3ccccc3n2Cc2ccc(CO)o2)CC1. The number of carbonyl (C=O) groups is 1. The number of aliphatic hydroxyl groups excluding tert-OH is 1. The maximum Gasteiger partial charge on any atom is 0.227 e. The number of hydrogen-bond donors (Lipinski definition) is 2. The van der Waals surface area contributed by atoms with Crippen LogP contribution < -0.4 is 10.2 Å². The maximum atomic E-state index is 15.9. The summed E-state index contributed by atoms with van der Waals surface area (Å²) in [5.41, 5.74) is 5.02. The molecule has 2 saturated heterocycles. The Labute approximate surface area is 286 Å². The van der Waals surface area contributed by atoms with Gasteiger partial charge in [-0.25, -0.2) is 9.37 Å². The lowest BCUT2D eigenvalue weighted by Gasteiger charge is -2.33. The van der Waals surface area contributed by atoms with Gasteiger partial charge in [-0.2, -0.15) is 0 Å². The molecule has 49 heavy (non-hydrogen) atoms. The molecule has 10 heteroatoms. The summed E-state index contributed by atoms with van der Waals surface area (Å²) in [5.74, 6) is 1.91. The summed E-state index contributed by atoms with van der Waals surface area (Å²) >= 11 is 0. The Hall–Kier alpha value is -4.51. The summed E-state index contributed by atoms with van der Waals surface area (Å²) in [6.07, 6.45) is 3.17. The normalized spacial score (nSPS) is 16.6. The fraction of sp³-hybridized carbons (Fsp3) is 0.385. The van der Waals surface area contributed by atoms with Crippen LogP contribution in [-0.2, 0) is 29.1 Å². The largest absolute Gasteiger partial charge is 0.462 e. The Morgan fingerprint density at radius 1 is 1.00 bits per heavy atom. The van der Waals surface area contributed by atoms with Crippen LogP contribution >= 0.6 is 0 Å². The number of furan rings is 1. The number of ether oxygens (including phenoxy) is 1. The van der Waals surface area contributed by atoms with Gasteiger partial charge in [0.25, 0.3) is 0 Å². The average Bonchev–Trinajstić information content (AvgIpc) is 3.86. The molecule has 0 saturated carbocycles. The van der Waals surface area contributed by atoms with Crippen molar-refractivity contribution in [3.05, 3.63) is 113 Å². The first kappa shape index (κ1) is 33.0. The smallest absolute Gasteiger partial charge is 0.227 e. The van der Waals surface area contributed by atoms with Crippen LogP contribution in [0.25, 0.3) is 11.0 Å². The number of nitrogens with zero attached hydrogens (tertiary/aromatic N) is 4. The first-order valence-electron chi connectivity index (χ1n) is 17.4. The minimum absolute atomic E-state index is 0.0734. The number of para-hydroxylation sites is 2. The average molecular weight is 666 g/mol. The summed E-state index contributed by atoms with van der Waals surface area (Å²) in [6.45, 7) is 5.84. The molecule has 1 atom stereocenters. The van der Waals surface area contributed by atoms with E-state index in [1.54, 1.807) is 12.1 Å². The van der Waals surface area contributed by atoms with Crippen molar-refractivity contribution in [2.24, 2.45) is 0 Å². The van der Waals surface area contributed by atoms with Crippen LogP contribution in [0.3, 0.4) is 0 Å². The molecule has 0 radical (unpaired) electrons. The fourth-order valence-corrected chi connectivity index (χ4v) is 7.30. The molecule has 2 N–H and O–H groups in total. The number of rotatable bonds is 13. The molecular weight excluding hydrogens is 621 g/mol. The van der Waals surface area contributed by atoms with E-state index in [1.165, 1.54) is 6.07 Å². The summed E-state index contributed by atoms with van der Waals surface area (Å²) in [6, 6.07) is 25.2. The second-order valence-corrected chi connectivity index (χ2v) is 12.9. The van der Waals surface area contributed by atoms with Crippen molar-refractivity contribution in [2.45, 2.75) is 64.3 Å². The number of likely N-dealkylation sites (tertiary alicyclic amines) is 1. The highest BCUT2D eigenvalue weighted by Crippen LogP contribution is 2.39. The predicted octanol–water partition coefficient (Wildman–Crippen LogP) is 6.68. The zero-order valence-corrected chi connectivity index (χ0v) is 28.0. The summed E-state index contributed by atoms with van der Waals surface area (Å²) in [4.78, 5) is 22.1. The molecule has 2 aliphatic heterocycles. The zero-order valence-electron chi connectivity index (χ0n) is 28.0. The van der Waals surface area contributed by atoms with E-state index in [0.29, 0.717) is 50.4 Å². The Morgan fingerprint density at radius 2 is 1.78 bits per heavy atom. The number of nitrogens with one attached hydrogen (secondary N) is 1. The molecule has 0 bridgehead atoms. The number of amides is 1. The Kier molecular flexibility index (Phi) is 10.1. The molecule has 2 aromatic heterocycles. The van der Waals surface area contributed by atoms with Crippen molar-refractivity contribution in [2.75, 3.05) is 43.0 Å². The third-order valence-electron chi connectivity index (χ3n) is 9.78. The van der Waals surface area contributed by atoms with Gasteiger partial charge in [-0.3, -0.25) is 4.79 Å². The van der Waals surface area contributed by atoms with Gasteiger partial charge in [-0.15, -0.1) is 0 Å². The number of piperidine rings is 1. The van der Waals surface area contributed by atoms with E-state index in [0.717, 1.165) is 71.9 Å². The van der Waals surface area contributed by atoms with Gasteiger partial charge in [0, 0.05) is 50.8 Å². The Morgan fingerprint density at radius 3 is 2.51 bits per heavy atom. The lowest BCUT2D eigenvalue weighted by atomic mass is 9.91. The summed E-state index contributed by atoms with van der Waals surface area (Å²) in [7, 11) is 0. The third-order valence-corrected chi connectivity index (χ3v) is 9.78. The van der Waals surface area contributed by atoms with Crippen molar-refractivity contribution in [3.8, 4) is 0 Å². The van der Waals surface area contributed by atoms with Gasteiger partial charge in [-0.1, -0.05) is 42.5 Å². The molecule has 5 aromatic rings. The van der Waals surface area contributed by atoms with Gasteiger partial charge in [0.1, 0.15) is 30.0 Å². The van der Waals surface area contributed by atoms with Crippen molar-refractivity contribution < 1.29 is 23.4 Å². The molecule has 1 amide bonds. The quantitative estimate of drug-likeness (QED) is 0.145. The van der Waals surface area contributed by atoms with Crippen LogP contribution in [0.15, 0.2) is 83.3 Å². The van der Waals surface area contributed by atoms with Gasteiger partial charge >= 0.3 is 0 Å². The number of aliphatic hydroxyl groups is 1. The molecule has 2 fully saturated rings. The molecule has 2 aliphatic rings. The number of benzene rings is 3. The number of imidazole rings is 1. The van der Waals surface area contributed by atoms with Crippen LogP contribution in [0.2, 0.25) is 0 Å². The first-order valence-corrected chi connectivity index (χ1v) is 17.4. The molecule has 1 unspecified atom stereocenters. The van der Waals surface area contributed by atoms with E-state index < -0.39 is 6.10 Å². The molecule has 0 spiro atoms. The van der Waals surface area contributed by atoms with Crippen LogP contribution in [-0.4, -0.2) is 64.3 Å². The fourth-order valence-electron chi connectivity index (χ4n) is 7.30. The minimum Gasteiger partial charge on any atom is -0.462 e. The second-order valence-electron chi connectivity index (χ2n) is 12.9. The van der Waals surface area contributed by atoms with E-state index in [1.807, 2.05) is 66.4 Å². The van der Waals surface area contributed by atoms with Crippen LogP contribution in [0.1, 0.15) is 66.9 Å². The molecule has 9 nitrogen and oxygen atoms in total.